The summed E-state index contributed by atoms with van der Waals surface area (Å²) >= 11 is 0. The summed E-state index contributed by atoms with van der Waals surface area (Å²) in [7, 11) is 1.75. The third kappa shape index (κ3) is 2.53. The van der Waals surface area contributed by atoms with Crippen LogP contribution in [0.2, 0.25) is 0 Å². The molecule has 96 valence electrons. The van der Waals surface area contributed by atoms with Crippen molar-refractivity contribution in [1.29, 1.82) is 0 Å². The number of carboxylic acids is 1. The first-order valence-electron chi connectivity index (χ1n) is 6.20. The molecule has 0 radical (unpaired) electrons. The number of carboxylic acid groups (broad SMARTS) is 1. The van der Waals surface area contributed by atoms with E-state index in [-0.39, 0.29) is 17.4 Å². The van der Waals surface area contributed by atoms with E-state index >= 15 is 0 Å². The fraction of sp³-hybridized carbons (Fsp3) is 0.429. The fourth-order valence-corrected chi connectivity index (χ4v) is 2.40. The summed E-state index contributed by atoms with van der Waals surface area (Å²) in [5.41, 5.74) is 0.984. The summed E-state index contributed by atoms with van der Waals surface area (Å²) in [5, 5.41) is 8.82. The van der Waals surface area contributed by atoms with Crippen LogP contribution in [-0.4, -0.2) is 24.0 Å². The average Bonchev–Trinajstić information content (AvgIpc) is 2.91. The van der Waals surface area contributed by atoms with Gasteiger partial charge in [-0.15, -0.1) is 0 Å². The van der Waals surface area contributed by atoms with Crippen molar-refractivity contribution in [3.05, 3.63) is 29.8 Å². The van der Waals surface area contributed by atoms with Crippen molar-refractivity contribution >= 4 is 17.6 Å². The minimum Gasteiger partial charge on any atom is -0.478 e. The first-order valence-corrected chi connectivity index (χ1v) is 6.20. The second-order valence-corrected chi connectivity index (χ2v) is 4.73. The van der Waals surface area contributed by atoms with Crippen molar-refractivity contribution in [1.82, 2.24) is 0 Å². The number of aromatic carboxylic acids is 1. The Bertz CT molecular complexity index is 447. The van der Waals surface area contributed by atoms with E-state index in [1.54, 1.807) is 24.1 Å². The molecule has 0 spiro atoms. The number of anilines is 1. The predicted octanol–water partition coefficient (Wildman–Crippen LogP) is 2.54. The molecule has 1 aromatic rings. The number of nitrogens with zero attached hydrogens (tertiary/aromatic N) is 1. The predicted molar refractivity (Wildman–Crippen MR) is 68.8 cm³/mol. The van der Waals surface area contributed by atoms with Gasteiger partial charge in [-0.05, 0) is 37.1 Å². The number of carbonyl (C=O) groups is 2. The summed E-state index contributed by atoms with van der Waals surface area (Å²) in [6.45, 7) is 0. The van der Waals surface area contributed by atoms with Crippen molar-refractivity contribution in [2.45, 2.75) is 25.7 Å². The van der Waals surface area contributed by atoms with Crippen LogP contribution in [0.25, 0.3) is 0 Å². The molecular weight excluding hydrogens is 230 g/mol. The standard InChI is InChI=1S/C14H17NO3/c1-15(13(16)10-4-2-3-5-10)12-8-6-11(7-9-12)14(17)18/h6-10H,2-5H2,1H3,(H,17,18). The van der Waals surface area contributed by atoms with E-state index in [9.17, 15) is 9.59 Å². The Balaban J connectivity index is 2.10. The van der Waals surface area contributed by atoms with Crippen molar-refractivity contribution in [2.24, 2.45) is 5.92 Å². The molecule has 1 fully saturated rings. The number of hydrogen-bond donors (Lipinski definition) is 1. The van der Waals surface area contributed by atoms with Crippen LogP contribution in [0.4, 0.5) is 5.69 Å². The van der Waals surface area contributed by atoms with Gasteiger partial charge in [0.25, 0.3) is 0 Å². The van der Waals surface area contributed by atoms with Crippen LogP contribution in [0, 0.1) is 5.92 Å². The lowest BCUT2D eigenvalue weighted by atomic mass is 10.1. The van der Waals surface area contributed by atoms with Crippen LogP contribution in [-0.2, 0) is 4.79 Å². The molecule has 1 aromatic carbocycles. The number of rotatable bonds is 3. The Morgan fingerprint density at radius 3 is 2.22 bits per heavy atom. The molecule has 0 saturated heterocycles. The Morgan fingerprint density at radius 2 is 1.72 bits per heavy atom. The highest BCUT2D eigenvalue weighted by molar-refractivity contribution is 5.95. The number of carbonyl (C=O) groups excluding carboxylic acids is 1. The first kappa shape index (κ1) is 12.6. The molecule has 1 N–H and O–H groups in total. The van der Waals surface area contributed by atoms with E-state index in [4.69, 9.17) is 5.11 Å². The lowest BCUT2D eigenvalue weighted by molar-refractivity contribution is -0.121. The SMILES string of the molecule is CN(C(=O)C1CCCC1)c1ccc(C(=O)O)cc1. The summed E-state index contributed by atoms with van der Waals surface area (Å²) in [4.78, 5) is 24.5. The normalized spacial score (nSPS) is 15.6. The van der Waals surface area contributed by atoms with E-state index in [1.807, 2.05) is 0 Å². The van der Waals surface area contributed by atoms with Gasteiger partial charge in [0.05, 0.1) is 5.56 Å². The maximum Gasteiger partial charge on any atom is 0.335 e. The lowest BCUT2D eigenvalue weighted by Crippen LogP contribution is -2.31. The second-order valence-electron chi connectivity index (χ2n) is 4.73. The highest BCUT2D eigenvalue weighted by Gasteiger charge is 2.26. The van der Waals surface area contributed by atoms with Gasteiger partial charge >= 0.3 is 5.97 Å². The summed E-state index contributed by atoms with van der Waals surface area (Å²) < 4.78 is 0. The van der Waals surface area contributed by atoms with Gasteiger partial charge in [-0.25, -0.2) is 4.79 Å². The molecule has 0 aromatic heterocycles. The third-order valence-electron chi connectivity index (χ3n) is 3.54. The van der Waals surface area contributed by atoms with Crippen molar-refractivity contribution < 1.29 is 14.7 Å². The van der Waals surface area contributed by atoms with Crippen LogP contribution >= 0.6 is 0 Å². The molecular formula is C14H17NO3. The molecule has 1 amide bonds. The van der Waals surface area contributed by atoms with Crippen LogP contribution in [0.3, 0.4) is 0 Å². The largest absolute Gasteiger partial charge is 0.478 e. The Morgan fingerprint density at radius 1 is 1.17 bits per heavy atom. The van der Waals surface area contributed by atoms with Gasteiger partial charge in [-0.1, -0.05) is 12.8 Å². The molecule has 0 bridgehead atoms. The van der Waals surface area contributed by atoms with Crippen LogP contribution in [0.1, 0.15) is 36.0 Å². The van der Waals surface area contributed by atoms with Gasteiger partial charge in [-0.2, -0.15) is 0 Å². The minimum absolute atomic E-state index is 0.133. The summed E-state index contributed by atoms with van der Waals surface area (Å²) in [5.74, 6) is -0.684. The van der Waals surface area contributed by atoms with Gasteiger partial charge < -0.3 is 10.0 Å². The maximum atomic E-state index is 12.2. The second kappa shape index (κ2) is 5.21. The molecule has 1 saturated carbocycles. The number of hydrogen-bond acceptors (Lipinski definition) is 2. The highest BCUT2D eigenvalue weighted by Crippen LogP contribution is 2.28. The Hall–Kier alpha value is -1.84. The molecule has 4 nitrogen and oxygen atoms in total. The molecule has 4 heteroatoms. The zero-order valence-corrected chi connectivity index (χ0v) is 10.4. The third-order valence-corrected chi connectivity index (χ3v) is 3.54. The van der Waals surface area contributed by atoms with E-state index in [2.05, 4.69) is 0 Å². The van der Waals surface area contributed by atoms with Gasteiger partial charge in [-0.3, -0.25) is 4.79 Å². The molecule has 0 aliphatic heterocycles. The molecule has 0 atom stereocenters. The summed E-state index contributed by atoms with van der Waals surface area (Å²) in [6.07, 6.45) is 4.19. The van der Waals surface area contributed by atoms with Crippen molar-refractivity contribution in [2.75, 3.05) is 11.9 Å². The fourth-order valence-electron chi connectivity index (χ4n) is 2.40. The van der Waals surface area contributed by atoms with E-state index in [0.29, 0.717) is 0 Å². The van der Waals surface area contributed by atoms with E-state index in [1.165, 1.54) is 12.1 Å². The molecule has 1 aliphatic carbocycles. The van der Waals surface area contributed by atoms with Crippen molar-refractivity contribution in [3.8, 4) is 0 Å². The van der Waals surface area contributed by atoms with Crippen LogP contribution in [0.15, 0.2) is 24.3 Å². The Labute approximate surface area is 106 Å². The minimum atomic E-state index is -0.952. The summed E-state index contributed by atoms with van der Waals surface area (Å²) in [6, 6.07) is 6.40. The van der Waals surface area contributed by atoms with Gasteiger partial charge in [0.15, 0.2) is 0 Å². The average molecular weight is 247 g/mol. The van der Waals surface area contributed by atoms with E-state index in [0.717, 1.165) is 31.4 Å². The highest BCUT2D eigenvalue weighted by atomic mass is 16.4. The van der Waals surface area contributed by atoms with Crippen molar-refractivity contribution in [3.63, 3.8) is 0 Å². The molecule has 0 unspecified atom stereocenters. The zero-order chi connectivity index (χ0) is 13.1. The zero-order valence-electron chi connectivity index (χ0n) is 10.4. The number of benzene rings is 1. The van der Waals surface area contributed by atoms with Crippen LogP contribution < -0.4 is 4.90 Å². The Kier molecular flexibility index (Phi) is 3.65. The smallest absolute Gasteiger partial charge is 0.335 e. The number of amides is 1. The topological polar surface area (TPSA) is 57.6 Å². The van der Waals surface area contributed by atoms with Gasteiger partial charge in [0.2, 0.25) is 5.91 Å². The lowest BCUT2D eigenvalue weighted by Gasteiger charge is -2.21. The molecule has 2 rings (SSSR count). The van der Waals surface area contributed by atoms with E-state index < -0.39 is 5.97 Å². The quantitative estimate of drug-likeness (QED) is 0.893. The van der Waals surface area contributed by atoms with Crippen LogP contribution in [0.5, 0.6) is 0 Å². The molecule has 0 heterocycles. The maximum absolute atomic E-state index is 12.2. The van der Waals surface area contributed by atoms with Gasteiger partial charge in [0.1, 0.15) is 0 Å². The molecule has 1 aliphatic rings. The molecule has 18 heavy (non-hydrogen) atoms. The van der Waals surface area contributed by atoms with Gasteiger partial charge in [0, 0.05) is 18.7 Å². The monoisotopic (exact) mass is 247 g/mol. The first-order chi connectivity index (χ1) is 8.59.